The van der Waals surface area contributed by atoms with Crippen LogP contribution in [0.25, 0.3) is 0 Å². The molecule has 28 heavy (non-hydrogen) atoms. The van der Waals surface area contributed by atoms with E-state index in [9.17, 15) is 28.8 Å². The Labute approximate surface area is 158 Å². The van der Waals surface area contributed by atoms with E-state index >= 15 is 0 Å². The maximum absolute atomic E-state index is 12.2. The summed E-state index contributed by atoms with van der Waals surface area (Å²) < 4.78 is 0. The first kappa shape index (κ1) is 24.7. The summed E-state index contributed by atoms with van der Waals surface area (Å²) in [7, 11) is 0. The predicted octanol–water partition coefficient (Wildman–Crippen LogP) is -4.78. The highest BCUT2D eigenvalue weighted by Gasteiger charge is 2.29. The van der Waals surface area contributed by atoms with Gasteiger partial charge in [-0.3, -0.25) is 24.0 Å². The molecule has 14 nitrogen and oxygen atoms in total. The molecule has 0 fully saturated rings. The normalized spacial score (nSPS) is 14.7. The van der Waals surface area contributed by atoms with E-state index in [1.54, 1.807) is 0 Å². The topological polar surface area (TPSA) is 251 Å². The average Bonchev–Trinajstić information content (AvgIpc) is 2.58. The number of rotatable bonds is 12. The fourth-order valence-corrected chi connectivity index (χ4v) is 1.82. The highest BCUT2D eigenvalue weighted by atomic mass is 16.4. The lowest BCUT2D eigenvalue weighted by Crippen LogP contribution is -2.57. The molecule has 4 atom stereocenters. The molecule has 4 amide bonds. The van der Waals surface area contributed by atoms with Crippen LogP contribution in [-0.4, -0.2) is 81.7 Å². The van der Waals surface area contributed by atoms with Crippen molar-refractivity contribution in [1.82, 2.24) is 16.0 Å². The Bertz CT molecular complexity index is 639. The van der Waals surface area contributed by atoms with E-state index in [1.165, 1.54) is 0 Å². The van der Waals surface area contributed by atoms with Gasteiger partial charge in [-0.2, -0.15) is 0 Å². The minimum atomic E-state index is -1.73. The second-order valence-corrected chi connectivity index (χ2v) is 5.75. The van der Waals surface area contributed by atoms with Crippen LogP contribution in [0, 0.1) is 0 Å². The number of carboxylic acids is 2. The molecule has 0 aromatic rings. The van der Waals surface area contributed by atoms with Crippen LogP contribution in [0.15, 0.2) is 0 Å². The van der Waals surface area contributed by atoms with Crippen molar-refractivity contribution in [3.63, 3.8) is 0 Å². The van der Waals surface area contributed by atoms with Gasteiger partial charge in [0.1, 0.15) is 24.2 Å². The van der Waals surface area contributed by atoms with Crippen LogP contribution < -0.4 is 27.4 Å². The van der Waals surface area contributed by atoms with Crippen molar-refractivity contribution in [2.24, 2.45) is 11.5 Å². The maximum Gasteiger partial charge on any atom is 0.326 e. The van der Waals surface area contributed by atoms with Crippen molar-refractivity contribution in [2.75, 3.05) is 6.61 Å². The Morgan fingerprint density at radius 3 is 1.82 bits per heavy atom. The number of carbonyl (C=O) groups excluding carboxylic acids is 4. The number of hydrogen-bond acceptors (Lipinski definition) is 8. The van der Waals surface area contributed by atoms with Gasteiger partial charge in [-0.1, -0.05) is 0 Å². The van der Waals surface area contributed by atoms with Gasteiger partial charge in [-0.15, -0.1) is 0 Å². The SMILES string of the molecule is C[C@H](NC(=O)[C@H](CC(N)=O)NC(=O)[C@@H](N)CO)C(=O)N[C@@H](CC(=O)O)C(=O)O. The van der Waals surface area contributed by atoms with E-state index in [0.717, 1.165) is 6.92 Å². The standard InChI is InChI=1S/C14H23N5O9/c1-5(11(24)19-8(14(27)28)3-10(22)23)17-13(26)7(2-9(16)21)18-12(25)6(15)4-20/h5-8,20H,2-4,15H2,1H3,(H2,16,21)(H,17,26)(H,18,25)(H,19,24)(H,22,23)(H,27,28)/t5-,6-,7-,8-/m0/s1. The fraction of sp³-hybridized carbons (Fsp3) is 0.571. The summed E-state index contributed by atoms with van der Waals surface area (Å²) in [6.07, 6.45) is -1.53. The van der Waals surface area contributed by atoms with E-state index in [2.05, 4.69) is 10.6 Å². The van der Waals surface area contributed by atoms with E-state index in [-0.39, 0.29) is 0 Å². The molecular weight excluding hydrogens is 382 g/mol. The summed E-state index contributed by atoms with van der Waals surface area (Å²) in [5, 5.41) is 32.5. The Morgan fingerprint density at radius 1 is 0.857 bits per heavy atom. The first-order valence-electron chi connectivity index (χ1n) is 7.89. The number of primary amides is 1. The van der Waals surface area contributed by atoms with Crippen LogP contribution in [0.5, 0.6) is 0 Å². The smallest absolute Gasteiger partial charge is 0.326 e. The van der Waals surface area contributed by atoms with Gasteiger partial charge in [0.25, 0.3) is 0 Å². The zero-order valence-corrected chi connectivity index (χ0v) is 14.9. The van der Waals surface area contributed by atoms with Gasteiger partial charge in [0.15, 0.2) is 0 Å². The molecule has 0 aromatic heterocycles. The van der Waals surface area contributed by atoms with E-state index in [0.29, 0.717) is 0 Å². The van der Waals surface area contributed by atoms with Gasteiger partial charge in [-0.25, -0.2) is 4.79 Å². The highest BCUT2D eigenvalue weighted by molar-refractivity contribution is 5.96. The van der Waals surface area contributed by atoms with Crippen molar-refractivity contribution < 1.29 is 44.1 Å². The quantitative estimate of drug-likeness (QED) is 0.154. The second kappa shape index (κ2) is 11.5. The lowest BCUT2D eigenvalue weighted by Gasteiger charge is -2.22. The molecule has 0 spiro atoms. The van der Waals surface area contributed by atoms with Crippen molar-refractivity contribution in [2.45, 2.75) is 43.9 Å². The van der Waals surface area contributed by atoms with Crippen LogP contribution in [0.3, 0.4) is 0 Å². The molecule has 0 heterocycles. The largest absolute Gasteiger partial charge is 0.481 e. The first-order valence-corrected chi connectivity index (χ1v) is 7.89. The third-order valence-corrected chi connectivity index (χ3v) is 3.32. The Hall–Kier alpha value is -3.26. The number of nitrogens with two attached hydrogens (primary N) is 2. The zero-order chi connectivity index (χ0) is 22.0. The first-order chi connectivity index (χ1) is 12.9. The van der Waals surface area contributed by atoms with Crippen molar-refractivity contribution in [3.8, 4) is 0 Å². The van der Waals surface area contributed by atoms with Crippen molar-refractivity contribution in [1.29, 1.82) is 0 Å². The lowest BCUT2D eigenvalue weighted by molar-refractivity contribution is -0.147. The summed E-state index contributed by atoms with van der Waals surface area (Å²) in [6.45, 7) is 0.436. The zero-order valence-electron chi connectivity index (χ0n) is 14.9. The summed E-state index contributed by atoms with van der Waals surface area (Å²) in [5.41, 5.74) is 10.3. The number of carbonyl (C=O) groups is 6. The number of aliphatic carboxylic acids is 2. The molecule has 0 unspecified atom stereocenters. The third kappa shape index (κ3) is 8.91. The Morgan fingerprint density at radius 2 is 1.39 bits per heavy atom. The molecule has 0 saturated heterocycles. The maximum atomic E-state index is 12.2. The Balaban J connectivity index is 5.05. The van der Waals surface area contributed by atoms with Crippen LogP contribution in [0.2, 0.25) is 0 Å². The molecule has 0 radical (unpaired) electrons. The molecule has 0 rings (SSSR count). The number of carboxylic acid groups (broad SMARTS) is 2. The van der Waals surface area contributed by atoms with E-state index in [1.807, 2.05) is 5.32 Å². The molecule has 0 aliphatic carbocycles. The van der Waals surface area contributed by atoms with E-state index < -0.39 is 79.2 Å². The molecule has 158 valence electrons. The summed E-state index contributed by atoms with van der Waals surface area (Å²) in [6, 6.07) is -5.95. The molecule has 0 saturated carbocycles. The average molecular weight is 405 g/mol. The van der Waals surface area contributed by atoms with E-state index in [4.69, 9.17) is 26.8 Å². The molecule has 14 heteroatoms. The third-order valence-electron chi connectivity index (χ3n) is 3.32. The summed E-state index contributed by atoms with van der Waals surface area (Å²) >= 11 is 0. The Kier molecular flexibility index (Phi) is 10.1. The highest BCUT2D eigenvalue weighted by Crippen LogP contribution is 1.98. The van der Waals surface area contributed by atoms with Gasteiger partial charge in [0.05, 0.1) is 19.4 Å². The number of hydrogen-bond donors (Lipinski definition) is 8. The molecule has 0 bridgehead atoms. The predicted molar refractivity (Wildman–Crippen MR) is 90.2 cm³/mol. The molecular formula is C14H23N5O9. The van der Waals surface area contributed by atoms with Gasteiger partial charge in [0.2, 0.25) is 23.6 Å². The summed E-state index contributed by atoms with van der Waals surface area (Å²) in [5.74, 6) is -6.99. The van der Waals surface area contributed by atoms with Crippen LogP contribution >= 0.6 is 0 Å². The minimum absolute atomic E-state index is 0.638. The second-order valence-electron chi connectivity index (χ2n) is 5.75. The summed E-state index contributed by atoms with van der Waals surface area (Å²) in [4.78, 5) is 68.5. The van der Waals surface area contributed by atoms with Crippen molar-refractivity contribution in [3.05, 3.63) is 0 Å². The molecule has 10 N–H and O–H groups in total. The lowest BCUT2D eigenvalue weighted by atomic mass is 10.1. The molecule has 0 aliphatic rings. The molecule has 0 aliphatic heterocycles. The number of aliphatic hydroxyl groups is 1. The number of amides is 4. The monoisotopic (exact) mass is 405 g/mol. The molecule has 0 aromatic carbocycles. The van der Waals surface area contributed by atoms with Gasteiger partial charge in [0, 0.05) is 0 Å². The van der Waals surface area contributed by atoms with Gasteiger partial charge in [-0.05, 0) is 6.92 Å². The fourth-order valence-electron chi connectivity index (χ4n) is 1.82. The van der Waals surface area contributed by atoms with Crippen molar-refractivity contribution >= 4 is 35.6 Å². The van der Waals surface area contributed by atoms with Crippen LogP contribution in [-0.2, 0) is 28.8 Å². The minimum Gasteiger partial charge on any atom is -0.481 e. The van der Waals surface area contributed by atoms with Crippen LogP contribution in [0.1, 0.15) is 19.8 Å². The van der Waals surface area contributed by atoms with Gasteiger partial charge < -0.3 is 42.7 Å². The van der Waals surface area contributed by atoms with Crippen LogP contribution in [0.4, 0.5) is 0 Å². The number of nitrogens with one attached hydrogen (secondary N) is 3. The number of aliphatic hydroxyl groups excluding tert-OH is 1. The van der Waals surface area contributed by atoms with Gasteiger partial charge >= 0.3 is 11.9 Å².